The Morgan fingerprint density at radius 3 is 2.97 bits per heavy atom. The number of hydrogen-bond donors (Lipinski definition) is 2. The molecule has 5 rings (SSSR count). The van der Waals surface area contributed by atoms with Crippen LogP contribution in [0.4, 0.5) is 11.4 Å². The van der Waals surface area contributed by atoms with Crippen molar-refractivity contribution in [3.63, 3.8) is 0 Å². The molecule has 2 aliphatic heterocycles. The number of aromatic amines is 1. The van der Waals surface area contributed by atoms with E-state index >= 15 is 0 Å². The van der Waals surface area contributed by atoms with E-state index in [0.29, 0.717) is 23.1 Å². The van der Waals surface area contributed by atoms with Gasteiger partial charge in [-0.15, -0.1) is 23.1 Å². The molecule has 4 heterocycles. The van der Waals surface area contributed by atoms with E-state index in [9.17, 15) is 9.59 Å². The molecule has 1 fully saturated rings. The molecule has 3 aromatic rings. The van der Waals surface area contributed by atoms with E-state index in [-0.39, 0.29) is 11.8 Å². The zero-order chi connectivity index (χ0) is 19.8. The van der Waals surface area contributed by atoms with E-state index in [0.717, 1.165) is 52.5 Å². The third-order valence-electron chi connectivity index (χ3n) is 5.44. The summed E-state index contributed by atoms with van der Waals surface area (Å²) in [6.07, 6.45) is 3.76. The number of thiophene rings is 1. The van der Waals surface area contributed by atoms with Crippen LogP contribution < -0.4 is 10.2 Å². The second-order valence-corrected chi connectivity index (χ2v) is 9.63. The molecule has 1 aromatic carbocycles. The molecule has 0 spiro atoms. The summed E-state index contributed by atoms with van der Waals surface area (Å²) < 4.78 is 6.48. The van der Waals surface area contributed by atoms with E-state index in [1.165, 1.54) is 23.1 Å². The molecule has 8 heteroatoms. The lowest BCUT2D eigenvalue weighted by molar-refractivity contribution is -0.116. The number of fused-ring (bicyclic) bond motifs is 2. The van der Waals surface area contributed by atoms with Crippen molar-refractivity contribution in [1.82, 2.24) is 4.98 Å². The standard InChI is InChI=1S/C21H21N3O3S2/c25-19-12-28-21-17(24(19)11-13-5-7-27-8-6-13)9-18(29-21)20(26)23-16-10-22-15-4-2-1-3-14(15)16/h1-4,9-10,13,22H,5-8,11-12H2,(H,23,26). The van der Waals surface area contributed by atoms with Crippen molar-refractivity contribution in [1.29, 1.82) is 0 Å². The minimum atomic E-state index is -0.145. The molecular formula is C21H21N3O3S2. The number of hydrogen-bond acceptors (Lipinski definition) is 5. The molecule has 0 aliphatic carbocycles. The first-order chi connectivity index (χ1) is 14.2. The number of amides is 2. The van der Waals surface area contributed by atoms with Gasteiger partial charge < -0.3 is 19.9 Å². The highest BCUT2D eigenvalue weighted by atomic mass is 32.2. The smallest absolute Gasteiger partial charge is 0.265 e. The van der Waals surface area contributed by atoms with Crippen molar-refractivity contribution in [2.24, 2.45) is 5.92 Å². The van der Waals surface area contributed by atoms with Crippen LogP contribution in [-0.4, -0.2) is 42.3 Å². The molecule has 6 nitrogen and oxygen atoms in total. The quantitative estimate of drug-likeness (QED) is 0.649. The summed E-state index contributed by atoms with van der Waals surface area (Å²) in [5.41, 5.74) is 2.63. The molecule has 0 bridgehead atoms. The van der Waals surface area contributed by atoms with Crippen molar-refractivity contribution >= 4 is 57.2 Å². The van der Waals surface area contributed by atoms with Gasteiger partial charge in [-0.3, -0.25) is 9.59 Å². The van der Waals surface area contributed by atoms with Crippen LogP contribution in [0.25, 0.3) is 10.9 Å². The average Bonchev–Trinajstić information content (AvgIpc) is 3.36. The molecule has 0 radical (unpaired) electrons. The van der Waals surface area contributed by atoms with Gasteiger partial charge in [0.25, 0.3) is 5.91 Å². The fraction of sp³-hybridized carbons (Fsp3) is 0.333. The van der Waals surface area contributed by atoms with Crippen LogP contribution in [0, 0.1) is 5.92 Å². The highest BCUT2D eigenvalue weighted by Gasteiger charge is 2.31. The van der Waals surface area contributed by atoms with Gasteiger partial charge in [-0.05, 0) is 30.9 Å². The maximum atomic E-state index is 12.9. The Labute approximate surface area is 176 Å². The van der Waals surface area contributed by atoms with Crippen LogP contribution in [0.5, 0.6) is 0 Å². The van der Waals surface area contributed by atoms with Crippen molar-refractivity contribution in [3.05, 3.63) is 41.4 Å². The Hall–Kier alpha value is -2.29. The minimum Gasteiger partial charge on any atom is -0.381 e. The largest absolute Gasteiger partial charge is 0.381 e. The molecule has 1 saturated heterocycles. The number of ether oxygens (including phenoxy) is 1. The van der Waals surface area contributed by atoms with Crippen LogP contribution >= 0.6 is 23.1 Å². The number of carbonyl (C=O) groups excluding carboxylic acids is 2. The molecule has 2 N–H and O–H groups in total. The summed E-state index contributed by atoms with van der Waals surface area (Å²) in [5, 5.41) is 3.99. The number of benzene rings is 1. The number of H-pyrrole nitrogens is 1. The number of nitrogens with one attached hydrogen (secondary N) is 2. The van der Waals surface area contributed by atoms with Gasteiger partial charge in [-0.2, -0.15) is 0 Å². The maximum absolute atomic E-state index is 12.9. The van der Waals surface area contributed by atoms with Crippen LogP contribution in [0.15, 0.2) is 40.7 Å². The Kier molecular flexibility index (Phi) is 5.07. The van der Waals surface area contributed by atoms with Gasteiger partial charge in [0.2, 0.25) is 5.91 Å². The summed E-state index contributed by atoms with van der Waals surface area (Å²) in [6, 6.07) is 9.73. The fourth-order valence-corrected chi connectivity index (χ4v) is 6.05. The van der Waals surface area contributed by atoms with Gasteiger partial charge in [-0.1, -0.05) is 18.2 Å². The third-order valence-corrected chi connectivity index (χ3v) is 7.82. The van der Waals surface area contributed by atoms with Crippen LogP contribution in [0.1, 0.15) is 22.5 Å². The SMILES string of the molecule is O=C(Nc1c[nH]c2ccccc12)c1cc2c(s1)SCC(=O)N2CC1CCOCC1. The Morgan fingerprint density at radius 2 is 2.10 bits per heavy atom. The third kappa shape index (κ3) is 3.68. The van der Waals surface area contributed by atoms with Gasteiger partial charge in [0.05, 0.1) is 26.2 Å². The minimum absolute atomic E-state index is 0.121. The van der Waals surface area contributed by atoms with E-state index < -0.39 is 0 Å². The summed E-state index contributed by atoms with van der Waals surface area (Å²) in [4.78, 5) is 31.2. The normalized spacial score (nSPS) is 17.5. The highest BCUT2D eigenvalue weighted by Crippen LogP contribution is 2.43. The Morgan fingerprint density at radius 1 is 1.28 bits per heavy atom. The van der Waals surface area contributed by atoms with Crippen molar-refractivity contribution < 1.29 is 14.3 Å². The summed E-state index contributed by atoms with van der Waals surface area (Å²) in [5.74, 6) is 0.857. The monoisotopic (exact) mass is 427 g/mol. The lowest BCUT2D eigenvalue weighted by Gasteiger charge is -2.32. The molecule has 2 amide bonds. The summed E-state index contributed by atoms with van der Waals surface area (Å²) >= 11 is 2.99. The molecule has 0 saturated carbocycles. The maximum Gasteiger partial charge on any atom is 0.265 e. The Balaban J connectivity index is 1.37. The second-order valence-electron chi connectivity index (χ2n) is 7.33. The van der Waals surface area contributed by atoms with Gasteiger partial charge in [-0.25, -0.2) is 0 Å². The molecule has 2 aromatic heterocycles. The van der Waals surface area contributed by atoms with E-state index in [2.05, 4.69) is 10.3 Å². The molecule has 0 atom stereocenters. The Bertz CT molecular complexity index is 1070. The number of para-hydroxylation sites is 1. The zero-order valence-electron chi connectivity index (χ0n) is 15.8. The van der Waals surface area contributed by atoms with Gasteiger partial charge in [0.1, 0.15) is 0 Å². The van der Waals surface area contributed by atoms with Crippen LogP contribution in [0.3, 0.4) is 0 Å². The van der Waals surface area contributed by atoms with Gasteiger partial charge in [0, 0.05) is 36.9 Å². The topological polar surface area (TPSA) is 74.4 Å². The molecular weight excluding hydrogens is 406 g/mol. The number of nitrogens with zero attached hydrogens (tertiary/aromatic N) is 1. The zero-order valence-corrected chi connectivity index (χ0v) is 17.4. The summed E-state index contributed by atoms with van der Waals surface area (Å²) in [7, 11) is 0. The first-order valence-corrected chi connectivity index (χ1v) is 11.5. The molecule has 29 heavy (non-hydrogen) atoms. The van der Waals surface area contributed by atoms with Crippen LogP contribution in [0.2, 0.25) is 0 Å². The number of thioether (sulfide) groups is 1. The lowest BCUT2D eigenvalue weighted by atomic mass is 9.99. The summed E-state index contributed by atoms with van der Waals surface area (Å²) in [6.45, 7) is 2.22. The van der Waals surface area contributed by atoms with Gasteiger partial charge in [0.15, 0.2) is 0 Å². The van der Waals surface area contributed by atoms with Gasteiger partial charge >= 0.3 is 0 Å². The van der Waals surface area contributed by atoms with Crippen LogP contribution in [-0.2, 0) is 9.53 Å². The predicted octanol–water partition coefficient (Wildman–Crippen LogP) is 4.35. The molecule has 0 unspecified atom stereocenters. The van der Waals surface area contributed by atoms with Crippen molar-refractivity contribution in [2.75, 3.05) is 35.7 Å². The van der Waals surface area contributed by atoms with E-state index in [1.807, 2.05) is 41.4 Å². The average molecular weight is 428 g/mol. The highest BCUT2D eigenvalue weighted by molar-refractivity contribution is 8.02. The number of aromatic nitrogens is 1. The number of rotatable bonds is 4. The molecule has 2 aliphatic rings. The predicted molar refractivity (Wildman–Crippen MR) is 117 cm³/mol. The number of anilines is 2. The first kappa shape index (κ1) is 18.7. The van der Waals surface area contributed by atoms with Crippen molar-refractivity contribution in [3.8, 4) is 0 Å². The first-order valence-electron chi connectivity index (χ1n) is 9.71. The van der Waals surface area contributed by atoms with E-state index in [1.54, 1.807) is 0 Å². The second kappa shape index (κ2) is 7.85. The fourth-order valence-electron chi connectivity index (χ4n) is 3.85. The van der Waals surface area contributed by atoms with E-state index in [4.69, 9.17) is 4.74 Å². The van der Waals surface area contributed by atoms with Crippen molar-refractivity contribution in [2.45, 2.75) is 17.1 Å². The molecule has 150 valence electrons. The number of carbonyl (C=O) groups is 2. The lowest BCUT2D eigenvalue weighted by Crippen LogP contribution is -2.39.